The first-order valence-corrected chi connectivity index (χ1v) is 11.0. The molecule has 3 aromatic rings. The van der Waals surface area contributed by atoms with Gasteiger partial charge in [-0.15, -0.1) is 0 Å². The van der Waals surface area contributed by atoms with Crippen LogP contribution in [0, 0.1) is 11.3 Å². The number of nitriles is 1. The Bertz CT molecular complexity index is 1170. The first-order valence-electron chi connectivity index (χ1n) is 11.0. The van der Waals surface area contributed by atoms with E-state index in [1.54, 1.807) is 11.1 Å². The third-order valence-corrected chi connectivity index (χ3v) is 5.59. The summed E-state index contributed by atoms with van der Waals surface area (Å²) in [4.78, 5) is 18.5. The largest absolute Gasteiger partial charge is 0.444 e. The molecule has 1 N–H and O–H groups in total. The molecular formula is C26H28N4O2. The van der Waals surface area contributed by atoms with Gasteiger partial charge in [-0.25, -0.2) is 4.79 Å². The molecule has 6 heteroatoms. The van der Waals surface area contributed by atoms with Crippen LogP contribution in [0.3, 0.4) is 0 Å². The Kier molecular flexibility index (Phi) is 6.00. The Hall–Kier alpha value is -3.59. The Labute approximate surface area is 188 Å². The van der Waals surface area contributed by atoms with Crippen molar-refractivity contribution in [2.75, 3.05) is 18.4 Å². The van der Waals surface area contributed by atoms with Crippen molar-refractivity contribution in [1.82, 2.24) is 9.88 Å². The van der Waals surface area contributed by atoms with E-state index in [4.69, 9.17) is 4.74 Å². The summed E-state index contributed by atoms with van der Waals surface area (Å²) in [5.41, 5.74) is 3.23. The number of amides is 1. The number of anilines is 1. The van der Waals surface area contributed by atoms with Gasteiger partial charge in [0.2, 0.25) is 0 Å². The normalized spacial score (nSPS) is 14.8. The summed E-state index contributed by atoms with van der Waals surface area (Å²) >= 11 is 0. The molecule has 1 saturated heterocycles. The molecule has 164 valence electrons. The van der Waals surface area contributed by atoms with Crippen molar-refractivity contribution in [2.24, 2.45) is 0 Å². The number of benzene rings is 2. The fraction of sp³-hybridized carbons (Fsp3) is 0.346. The molecule has 0 atom stereocenters. The second-order valence-electron chi connectivity index (χ2n) is 9.20. The fourth-order valence-corrected chi connectivity index (χ4v) is 4.01. The van der Waals surface area contributed by atoms with Crippen molar-refractivity contribution in [1.29, 1.82) is 5.26 Å². The topological polar surface area (TPSA) is 78.2 Å². The smallest absolute Gasteiger partial charge is 0.410 e. The monoisotopic (exact) mass is 428 g/mol. The summed E-state index contributed by atoms with van der Waals surface area (Å²) < 4.78 is 5.51. The van der Waals surface area contributed by atoms with Crippen LogP contribution >= 0.6 is 0 Å². The highest BCUT2D eigenvalue weighted by Crippen LogP contribution is 2.32. The summed E-state index contributed by atoms with van der Waals surface area (Å²) in [7, 11) is 0. The third kappa shape index (κ3) is 5.00. The summed E-state index contributed by atoms with van der Waals surface area (Å²) in [6.45, 7) is 6.98. The van der Waals surface area contributed by atoms with Crippen LogP contribution in [-0.2, 0) is 4.74 Å². The van der Waals surface area contributed by atoms with Crippen molar-refractivity contribution < 1.29 is 9.53 Å². The Morgan fingerprint density at radius 1 is 1.16 bits per heavy atom. The van der Waals surface area contributed by atoms with E-state index in [9.17, 15) is 10.1 Å². The van der Waals surface area contributed by atoms with Crippen molar-refractivity contribution in [3.63, 3.8) is 0 Å². The van der Waals surface area contributed by atoms with E-state index in [0.29, 0.717) is 18.7 Å². The van der Waals surface area contributed by atoms with Crippen LogP contribution in [0.15, 0.2) is 54.9 Å². The Morgan fingerprint density at radius 3 is 2.66 bits per heavy atom. The quantitative estimate of drug-likeness (QED) is 0.589. The Balaban J connectivity index is 1.54. The SMILES string of the molecule is CC(C)(C)OC(=O)N1CCC(Nc2cc(-c3cccc(C#N)c3)cc3ccncc23)CC1. The zero-order valence-corrected chi connectivity index (χ0v) is 18.8. The van der Waals surface area contributed by atoms with Gasteiger partial charge in [0, 0.05) is 42.6 Å². The molecule has 1 aliphatic heterocycles. The number of piperidine rings is 1. The van der Waals surface area contributed by atoms with Gasteiger partial charge in [-0.05, 0) is 80.5 Å². The minimum Gasteiger partial charge on any atom is -0.444 e. The van der Waals surface area contributed by atoms with Gasteiger partial charge >= 0.3 is 6.09 Å². The molecule has 2 heterocycles. The van der Waals surface area contributed by atoms with Gasteiger partial charge in [0.05, 0.1) is 11.6 Å². The second-order valence-corrected chi connectivity index (χ2v) is 9.20. The number of aromatic nitrogens is 1. The molecule has 0 unspecified atom stereocenters. The lowest BCUT2D eigenvalue weighted by Crippen LogP contribution is -2.44. The molecule has 0 bridgehead atoms. The van der Waals surface area contributed by atoms with Crippen molar-refractivity contribution in [3.8, 4) is 17.2 Å². The van der Waals surface area contributed by atoms with Crippen LogP contribution in [0.25, 0.3) is 21.9 Å². The minimum atomic E-state index is -0.485. The first kappa shape index (κ1) is 21.6. The van der Waals surface area contributed by atoms with Gasteiger partial charge in [-0.3, -0.25) is 4.98 Å². The number of hydrogen-bond acceptors (Lipinski definition) is 5. The molecule has 2 aromatic carbocycles. The number of carbonyl (C=O) groups excluding carboxylic acids is 1. The number of likely N-dealkylation sites (tertiary alicyclic amines) is 1. The second kappa shape index (κ2) is 8.88. The van der Waals surface area contributed by atoms with Gasteiger partial charge in [-0.1, -0.05) is 12.1 Å². The van der Waals surface area contributed by atoms with Gasteiger partial charge in [0.15, 0.2) is 0 Å². The average Bonchev–Trinajstić information content (AvgIpc) is 2.78. The molecule has 1 aromatic heterocycles. The van der Waals surface area contributed by atoms with Crippen LogP contribution in [0.1, 0.15) is 39.2 Å². The van der Waals surface area contributed by atoms with Crippen LogP contribution in [0.5, 0.6) is 0 Å². The first-order chi connectivity index (χ1) is 15.3. The fourth-order valence-electron chi connectivity index (χ4n) is 4.01. The lowest BCUT2D eigenvalue weighted by Gasteiger charge is -2.34. The number of carbonyl (C=O) groups is 1. The summed E-state index contributed by atoms with van der Waals surface area (Å²) in [5, 5.41) is 15.1. The van der Waals surface area contributed by atoms with E-state index in [1.807, 2.05) is 57.3 Å². The molecule has 0 radical (unpaired) electrons. The number of pyridine rings is 1. The van der Waals surface area contributed by atoms with Crippen LogP contribution in [0.2, 0.25) is 0 Å². The zero-order chi connectivity index (χ0) is 22.7. The highest BCUT2D eigenvalue weighted by molar-refractivity contribution is 5.97. The number of fused-ring (bicyclic) bond motifs is 1. The number of nitrogens with zero attached hydrogens (tertiary/aromatic N) is 3. The molecule has 1 aliphatic rings. The lowest BCUT2D eigenvalue weighted by molar-refractivity contribution is 0.0210. The molecule has 0 aliphatic carbocycles. The summed E-state index contributed by atoms with van der Waals surface area (Å²) in [6.07, 6.45) is 5.11. The van der Waals surface area contributed by atoms with Crippen LogP contribution < -0.4 is 5.32 Å². The van der Waals surface area contributed by atoms with E-state index < -0.39 is 5.60 Å². The number of hydrogen-bond donors (Lipinski definition) is 1. The number of ether oxygens (including phenoxy) is 1. The number of rotatable bonds is 3. The maximum atomic E-state index is 12.4. The molecule has 0 spiro atoms. The average molecular weight is 429 g/mol. The summed E-state index contributed by atoms with van der Waals surface area (Å²) in [5.74, 6) is 0. The lowest BCUT2D eigenvalue weighted by atomic mass is 9.98. The molecule has 1 amide bonds. The van der Waals surface area contributed by atoms with Crippen molar-refractivity contribution in [3.05, 3.63) is 60.4 Å². The van der Waals surface area contributed by atoms with Gasteiger partial charge < -0.3 is 15.0 Å². The predicted octanol–water partition coefficient (Wildman–Crippen LogP) is 5.58. The molecule has 6 nitrogen and oxygen atoms in total. The van der Waals surface area contributed by atoms with Gasteiger partial charge in [0.1, 0.15) is 5.60 Å². The number of nitrogens with one attached hydrogen (secondary N) is 1. The minimum absolute atomic E-state index is 0.245. The zero-order valence-electron chi connectivity index (χ0n) is 18.8. The molecule has 0 saturated carbocycles. The maximum Gasteiger partial charge on any atom is 0.410 e. The molecule has 4 rings (SSSR count). The highest BCUT2D eigenvalue weighted by atomic mass is 16.6. The van der Waals surface area contributed by atoms with Gasteiger partial charge in [-0.2, -0.15) is 5.26 Å². The molecule has 1 fully saturated rings. The van der Waals surface area contributed by atoms with E-state index in [1.165, 1.54) is 0 Å². The summed E-state index contributed by atoms with van der Waals surface area (Å²) in [6, 6.07) is 16.4. The van der Waals surface area contributed by atoms with Gasteiger partial charge in [0.25, 0.3) is 0 Å². The van der Waals surface area contributed by atoms with E-state index in [-0.39, 0.29) is 12.1 Å². The third-order valence-electron chi connectivity index (χ3n) is 5.59. The predicted molar refractivity (Wildman–Crippen MR) is 126 cm³/mol. The maximum absolute atomic E-state index is 12.4. The van der Waals surface area contributed by atoms with E-state index in [0.717, 1.165) is 40.4 Å². The molecule has 32 heavy (non-hydrogen) atoms. The molecular weight excluding hydrogens is 400 g/mol. The standard InChI is InChI=1S/C26H28N4O2/c1-26(2,3)32-25(31)30-11-8-22(9-12-30)29-24-15-21(14-20-7-10-28-17-23(20)24)19-6-4-5-18(13-19)16-27/h4-7,10,13-15,17,22,29H,8-9,11-12H2,1-3H3. The highest BCUT2D eigenvalue weighted by Gasteiger charge is 2.27. The van der Waals surface area contributed by atoms with Crippen LogP contribution in [-0.4, -0.2) is 40.7 Å². The van der Waals surface area contributed by atoms with Crippen molar-refractivity contribution in [2.45, 2.75) is 45.3 Å². The van der Waals surface area contributed by atoms with Crippen molar-refractivity contribution >= 4 is 22.6 Å². The van der Waals surface area contributed by atoms with E-state index >= 15 is 0 Å². The van der Waals surface area contributed by atoms with Crippen LogP contribution in [0.4, 0.5) is 10.5 Å². The van der Waals surface area contributed by atoms with E-state index in [2.05, 4.69) is 28.5 Å². The Morgan fingerprint density at radius 2 is 1.94 bits per heavy atom.